The first-order chi connectivity index (χ1) is 17.8. The summed E-state index contributed by atoms with van der Waals surface area (Å²) < 4.78 is 5.77. The fraction of sp³-hybridized carbons (Fsp3) is 0.250. The van der Waals surface area contributed by atoms with Crippen LogP contribution in [0.1, 0.15) is 19.6 Å². The minimum Gasteiger partial charge on any atom is -0.457 e. The lowest BCUT2D eigenvalue weighted by molar-refractivity contribution is -0.134. The minimum absolute atomic E-state index is 0.00190. The number of rotatable bonds is 6. The van der Waals surface area contributed by atoms with Gasteiger partial charge in [0.2, 0.25) is 11.8 Å². The van der Waals surface area contributed by atoms with Crippen LogP contribution in [-0.4, -0.2) is 48.0 Å². The molecule has 0 bridgehead atoms. The summed E-state index contributed by atoms with van der Waals surface area (Å²) in [6.45, 7) is 6.61. The van der Waals surface area contributed by atoms with E-state index in [1.807, 2.05) is 67.3 Å². The summed E-state index contributed by atoms with van der Waals surface area (Å²) in [7, 11) is 0. The number of halogens is 1. The van der Waals surface area contributed by atoms with Gasteiger partial charge < -0.3 is 19.5 Å². The van der Waals surface area contributed by atoms with Crippen LogP contribution in [-0.2, 0) is 9.59 Å². The van der Waals surface area contributed by atoms with E-state index in [4.69, 9.17) is 28.2 Å². The lowest BCUT2D eigenvalue weighted by Gasteiger charge is -2.37. The molecule has 2 aromatic carbocycles. The van der Waals surface area contributed by atoms with E-state index < -0.39 is 0 Å². The summed E-state index contributed by atoms with van der Waals surface area (Å²) in [6, 6.07) is 18.9. The van der Waals surface area contributed by atoms with E-state index in [1.54, 1.807) is 18.2 Å². The molecule has 1 fully saturated rings. The van der Waals surface area contributed by atoms with Crippen molar-refractivity contribution in [3.8, 4) is 11.3 Å². The molecule has 2 N–H and O–H groups in total. The topological polar surface area (TPSA) is 77.8 Å². The lowest BCUT2D eigenvalue weighted by Crippen LogP contribution is -2.50. The van der Waals surface area contributed by atoms with E-state index in [1.165, 1.54) is 6.08 Å². The van der Waals surface area contributed by atoms with Gasteiger partial charge in [0, 0.05) is 49.4 Å². The van der Waals surface area contributed by atoms with Crippen molar-refractivity contribution in [1.82, 2.24) is 10.2 Å². The normalized spacial score (nSPS) is 13.7. The molecule has 0 spiro atoms. The van der Waals surface area contributed by atoms with Gasteiger partial charge in [0.05, 0.1) is 10.7 Å². The number of carbonyl (C=O) groups is 2. The Morgan fingerprint density at radius 2 is 1.76 bits per heavy atom. The Kier molecular flexibility index (Phi) is 8.63. The monoisotopic (exact) mass is 536 g/mol. The van der Waals surface area contributed by atoms with Crippen molar-refractivity contribution in [1.29, 1.82) is 0 Å². The highest BCUT2D eigenvalue weighted by Crippen LogP contribution is 2.30. The number of nitrogens with zero attached hydrogens (tertiary/aromatic N) is 2. The fourth-order valence-corrected chi connectivity index (χ4v) is 4.57. The summed E-state index contributed by atoms with van der Waals surface area (Å²) in [5.74, 6) is 1.08. The van der Waals surface area contributed by atoms with Crippen LogP contribution in [0.2, 0.25) is 5.02 Å². The van der Waals surface area contributed by atoms with Gasteiger partial charge in [-0.15, -0.1) is 0 Å². The summed E-state index contributed by atoms with van der Waals surface area (Å²) in [5.41, 5.74) is 2.52. The van der Waals surface area contributed by atoms with Gasteiger partial charge >= 0.3 is 0 Å². The Bertz CT molecular complexity index is 1300. The average Bonchev–Trinajstić information content (AvgIpc) is 3.37. The molecule has 1 aliphatic rings. The molecule has 9 heteroatoms. The van der Waals surface area contributed by atoms with Gasteiger partial charge in [-0.2, -0.15) is 0 Å². The predicted molar refractivity (Wildman–Crippen MR) is 153 cm³/mol. The Morgan fingerprint density at radius 3 is 2.43 bits per heavy atom. The second-order valence-electron chi connectivity index (χ2n) is 8.98. The highest BCUT2D eigenvalue weighted by Gasteiger charge is 2.24. The summed E-state index contributed by atoms with van der Waals surface area (Å²) in [6.07, 6.45) is 2.95. The third-order valence-corrected chi connectivity index (χ3v) is 6.46. The molecule has 0 aliphatic carbocycles. The van der Waals surface area contributed by atoms with Crippen molar-refractivity contribution < 1.29 is 14.0 Å². The van der Waals surface area contributed by atoms with E-state index in [9.17, 15) is 9.59 Å². The standard InChI is InChI=1S/C28H29ClN4O3S/c1-19(2)27(35)33-16-14-32(15-17-33)24-11-8-21(18-23(24)29)30-28(37)31-26(34)13-10-22-9-12-25(36-22)20-6-4-3-5-7-20/h3-13,18-19H,14-17H2,1-2H3,(H2,30,31,34,37)/b13-10+. The SMILES string of the molecule is CC(C)C(=O)N1CCN(c2ccc(NC(=S)NC(=O)/C=C/c3ccc(-c4ccccc4)o3)cc2Cl)CC1. The Morgan fingerprint density at radius 1 is 1.03 bits per heavy atom. The largest absolute Gasteiger partial charge is 0.457 e. The van der Waals surface area contributed by atoms with E-state index in [0.29, 0.717) is 42.6 Å². The van der Waals surface area contributed by atoms with Crippen molar-refractivity contribution in [3.05, 3.63) is 77.5 Å². The molecule has 192 valence electrons. The smallest absolute Gasteiger partial charge is 0.250 e. The number of anilines is 2. The third kappa shape index (κ3) is 6.99. The van der Waals surface area contributed by atoms with Crippen LogP contribution in [0, 0.1) is 5.92 Å². The number of carbonyl (C=O) groups excluding carboxylic acids is 2. The summed E-state index contributed by atoms with van der Waals surface area (Å²) in [5, 5.41) is 6.33. The van der Waals surface area contributed by atoms with Gasteiger partial charge in [-0.3, -0.25) is 14.9 Å². The van der Waals surface area contributed by atoms with Crippen LogP contribution in [0.25, 0.3) is 17.4 Å². The predicted octanol–water partition coefficient (Wildman–Crippen LogP) is 5.43. The maximum Gasteiger partial charge on any atom is 0.250 e. The molecule has 2 heterocycles. The van der Waals surface area contributed by atoms with Gasteiger partial charge in [-0.1, -0.05) is 55.8 Å². The molecular formula is C28H29ClN4O3S. The molecule has 1 aromatic heterocycles. The number of piperazine rings is 1. The van der Waals surface area contributed by atoms with Gasteiger partial charge in [0.15, 0.2) is 5.11 Å². The first-order valence-electron chi connectivity index (χ1n) is 12.1. The van der Waals surface area contributed by atoms with Crippen LogP contribution in [0.3, 0.4) is 0 Å². The Hall–Kier alpha value is -3.62. The Labute approximate surface area is 227 Å². The third-order valence-electron chi connectivity index (χ3n) is 5.95. The van der Waals surface area contributed by atoms with E-state index in [2.05, 4.69) is 15.5 Å². The number of hydrogen-bond acceptors (Lipinski definition) is 5. The molecule has 37 heavy (non-hydrogen) atoms. The second kappa shape index (κ2) is 12.1. The second-order valence-corrected chi connectivity index (χ2v) is 9.79. The minimum atomic E-state index is -0.383. The number of amides is 2. The molecule has 1 aliphatic heterocycles. The van der Waals surface area contributed by atoms with Crippen molar-refractivity contribution in [2.75, 3.05) is 36.4 Å². The molecule has 7 nitrogen and oxygen atoms in total. The van der Waals surface area contributed by atoms with Crippen LogP contribution < -0.4 is 15.5 Å². The zero-order valence-electron chi connectivity index (χ0n) is 20.7. The number of furan rings is 1. The van der Waals surface area contributed by atoms with E-state index >= 15 is 0 Å². The number of thiocarbonyl (C=S) groups is 1. The zero-order chi connectivity index (χ0) is 26.4. The zero-order valence-corrected chi connectivity index (χ0v) is 22.3. The first-order valence-corrected chi connectivity index (χ1v) is 12.9. The maximum absolute atomic E-state index is 12.3. The average molecular weight is 537 g/mol. The van der Waals surface area contributed by atoms with Crippen molar-refractivity contribution in [3.63, 3.8) is 0 Å². The highest BCUT2D eigenvalue weighted by molar-refractivity contribution is 7.80. The van der Waals surface area contributed by atoms with Crippen LogP contribution in [0.5, 0.6) is 0 Å². The molecule has 4 rings (SSSR count). The molecule has 0 radical (unpaired) electrons. The van der Waals surface area contributed by atoms with E-state index in [-0.39, 0.29) is 22.8 Å². The highest BCUT2D eigenvalue weighted by atomic mass is 35.5. The Balaban J connectivity index is 1.28. The molecule has 3 aromatic rings. The van der Waals surface area contributed by atoms with Crippen molar-refractivity contribution >= 4 is 58.2 Å². The molecule has 0 unspecified atom stereocenters. The molecule has 0 saturated carbocycles. The quantitative estimate of drug-likeness (QED) is 0.323. The van der Waals surface area contributed by atoms with Crippen LogP contribution >= 0.6 is 23.8 Å². The van der Waals surface area contributed by atoms with Gasteiger partial charge in [0.1, 0.15) is 11.5 Å². The number of hydrogen-bond donors (Lipinski definition) is 2. The fourth-order valence-electron chi connectivity index (χ4n) is 4.05. The molecule has 1 saturated heterocycles. The number of benzene rings is 2. The first kappa shape index (κ1) is 26.4. The van der Waals surface area contributed by atoms with E-state index in [0.717, 1.165) is 17.0 Å². The van der Waals surface area contributed by atoms with Crippen LogP contribution in [0.4, 0.5) is 11.4 Å². The lowest BCUT2D eigenvalue weighted by atomic mass is 10.1. The van der Waals surface area contributed by atoms with Crippen molar-refractivity contribution in [2.24, 2.45) is 5.92 Å². The summed E-state index contributed by atoms with van der Waals surface area (Å²) in [4.78, 5) is 28.6. The molecular weight excluding hydrogens is 508 g/mol. The maximum atomic E-state index is 12.3. The van der Waals surface area contributed by atoms with Gasteiger partial charge in [0.25, 0.3) is 0 Å². The van der Waals surface area contributed by atoms with Gasteiger partial charge in [-0.25, -0.2) is 0 Å². The van der Waals surface area contributed by atoms with Gasteiger partial charge in [-0.05, 0) is 48.6 Å². The summed E-state index contributed by atoms with van der Waals surface area (Å²) >= 11 is 11.8. The van der Waals surface area contributed by atoms with Crippen molar-refractivity contribution in [2.45, 2.75) is 13.8 Å². The van der Waals surface area contributed by atoms with Crippen LogP contribution in [0.15, 0.2) is 71.2 Å². The molecule has 0 atom stereocenters. The molecule has 2 amide bonds. The number of nitrogens with one attached hydrogen (secondary N) is 2.